The maximum Gasteiger partial charge on any atom is 0.338 e. The highest BCUT2D eigenvalue weighted by atomic mass is 16.6. The van der Waals surface area contributed by atoms with Crippen molar-refractivity contribution >= 4 is 11.9 Å². The Bertz CT molecular complexity index is 947. The number of benzene rings is 2. The predicted octanol–water partition coefficient (Wildman–Crippen LogP) is 4.58. The summed E-state index contributed by atoms with van der Waals surface area (Å²) in [6.45, 7) is 1.14. The summed E-state index contributed by atoms with van der Waals surface area (Å²) < 4.78 is 12.0. The second-order valence-corrected chi connectivity index (χ2v) is 9.61. The predicted molar refractivity (Wildman–Crippen MR) is 121 cm³/mol. The molecule has 5 heteroatoms. The van der Waals surface area contributed by atoms with E-state index in [9.17, 15) is 9.59 Å². The molecule has 32 heavy (non-hydrogen) atoms. The highest BCUT2D eigenvalue weighted by Gasteiger charge is 2.50. The van der Waals surface area contributed by atoms with Crippen LogP contribution in [0, 0.1) is 17.8 Å². The van der Waals surface area contributed by atoms with Gasteiger partial charge < -0.3 is 14.4 Å². The first-order valence-corrected chi connectivity index (χ1v) is 11.8. The molecule has 1 heterocycles. The number of rotatable bonds is 4. The number of fused-ring (bicyclic) bond motifs is 3. The van der Waals surface area contributed by atoms with Crippen molar-refractivity contribution in [2.75, 3.05) is 13.6 Å². The molecule has 0 spiro atoms. The van der Waals surface area contributed by atoms with Crippen molar-refractivity contribution in [2.24, 2.45) is 17.8 Å². The van der Waals surface area contributed by atoms with Crippen LogP contribution < -0.4 is 0 Å². The van der Waals surface area contributed by atoms with Crippen LogP contribution >= 0.6 is 0 Å². The Labute approximate surface area is 189 Å². The van der Waals surface area contributed by atoms with E-state index in [1.807, 2.05) is 36.4 Å². The Kier molecular flexibility index (Phi) is 6.01. The standard InChI is InChI=1S/C27H31NO4/c1-28-15-14-18-12-13-21-16-23(31-26(29)19-8-4-2-5-9-19)24(17-22(21)25(18)28)32-27(30)20-10-6-3-7-11-20/h2-11,18,21-25H,12-17H2,1H3. The van der Waals surface area contributed by atoms with Gasteiger partial charge in [-0.3, -0.25) is 0 Å². The Morgan fingerprint density at radius 3 is 1.88 bits per heavy atom. The number of ether oxygens (including phenoxy) is 2. The van der Waals surface area contributed by atoms with Gasteiger partial charge in [0.15, 0.2) is 0 Å². The van der Waals surface area contributed by atoms with E-state index in [2.05, 4.69) is 11.9 Å². The van der Waals surface area contributed by atoms with Gasteiger partial charge in [0.05, 0.1) is 11.1 Å². The third-order valence-electron chi connectivity index (χ3n) is 7.79. The fourth-order valence-electron chi connectivity index (χ4n) is 6.26. The number of hydrogen-bond donors (Lipinski definition) is 0. The molecule has 0 aromatic heterocycles. The second kappa shape index (κ2) is 9.07. The van der Waals surface area contributed by atoms with Crippen LogP contribution in [-0.4, -0.2) is 48.7 Å². The first-order valence-electron chi connectivity index (χ1n) is 11.8. The van der Waals surface area contributed by atoms with Crippen LogP contribution in [0.1, 0.15) is 52.8 Å². The molecule has 168 valence electrons. The van der Waals surface area contributed by atoms with Crippen molar-refractivity contribution in [3.05, 3.63) is 71.8 Å². The van der Waals surface area contributed by atoms with E-state index in [0.717, 1.165) is 25.3 Å². The molecule has 0 radical (unpaired) electrons. The summed E-state index contributed by atoms with van der Waals surface area (Å²) in [5.74, 6) is 1.01. The fraction of sp³-hybridized carbons (Fsp3) is 0.481. The molecule has 5 nitrogen and oxygen atoms in total. The van der Waals surface area contributed by atoms with Crippen LogP contribution in [0.5, 0.6) is 0 Å². The molecule has 5 rings (SSSR count). The number of nitrogens with zero attached hydrogens (tertiary/aromatic N) is 1. The molecule has 0 amide bonds. The van der Waals surface area contributed by atoms with Gasteiger partial charge in [-0.05, 0) is 87.7 Å². The summed E-state index contributed by atoms with van der Waals surface area (Å²) in [5.41, 5.74) is 1.06. The van der Waals surface area contributed by atoms with E-state index >= 15 is 0 Å². The topological polar surface area (TPSA) is 55.8 Å². The van der Waals surface area contributed by atoms with Gasteiger partial charge in [0.25, 0.3) is 0 Å². The van der Waals surface area contributed by atoms with Gasteiger partial charge in [0, 0.05) is 6.04 Å². The molecular formula is C27H31NO4. The smallest absolute Gasteiger partial charge is 0.338 e. The molecule has 3 aliphatic rings. The highest BCUT2D eigenvalue weighted by molar-refractivity contribution is 5.90. The third-order valence-corrected chi connectivity index (χ3v) is 7.79. The number of likely N-dealkylation sites (tertiary alicyclic amines) is 1. The van der Waals surface area contributed by atoms with Crippen molar-refractivity contribution in [1.82, 2.24) is 4.90 Å². The number of carbonyl (C=O) groups is 2. The van der Waals surface area contributed by atoms with E-state index in [4.69, 9.17) is 9.47 Å². The lowest BCUT2D eigenvalue weighted by molar-refractivity contribution is -0.0944. The molecule has 0 bridgehead atoms. The van der Waals surface area contributed by atoms with Crippen molar-refractivity contribution in [3.8, 4) is 0 Å². The summed E-state index contributed by atoms with van der Waals surface area (Å²) in [6, 6.07) is 18.7. The van der Waals surface area contributed by atoms with E-state index in [1.165, 1.54) is 19.3 Å². The molecule has 6 unspecified atom stereocenters. The second-order valence-electron chi connectivity index (χ2n) is 9.61. The molecular weight excluding hydrogens is 402 g/mol. The Morgan fingerprint density at radius 1 is 0.750 bits per heavy atom. The van der Waals surface area contributed by atoms with E-state index in [0.29, 0.717) is 29.0 Å². The van der Waals surface area contributed by atoms with Gasteiger partial charge in [0.2, 0.25) is 0 Å². The van der Waals surface area contributed by atoms with E-state index < -0.39 is 12.2 Å². The van der Waals surface area contributed by atoms with Crippen molar-refractivity contribution in [2.45, 2.75) is 50.4 Å². The highest BCUT2D eigenvalue weighted by Crippen LogP contribution is 2.49. The molecule has 2 saturated carbocycles. The number of carbonyl (C=O) groups excluding carboxylic acids is 2. The normalized spacial score (nSPS) is 31.9. The van der Waals surface area contributed by atoms with Crippen LogP contribution in [0.25, 0.3) is 0 Å². The lowest BCUT2D eigenvalue weighted by Crippen LogP contribution is -2.52. The summed E-state index contributed by atoms with van der Waals surface area (Å²) in [5, 5.41) is 0. The number of esters is 2. The third kappa shape index (κ3) is 4.18. The summed E-state index contributed by atoms with van der Waals surface area (Å²) in [4.78, 5) is 28.2. The maximum atomic E-state index is 12.9. The zero-order chi connectivity index (χ0) is 22.1. The fourth-order valence-corrected chi connectivity index (χ4v) is 6.26. The molecule has 2 aromatic carbocycles. The Hall–Kier alpha value is -2.66. The molecule has 1 aliphatic heterocycles. The largest absolute Gasteiger partial charge is 0.455 e. The first kappa shape index (κ1) is 21.2. The average molecular weight is 434 g/mol. The van der Waals surface area contributed by atoms with Gasteiger partial charge >= 0.3 is 11.9 Å². The van der Waals surface area contributed by atoms with Crippen molar-refractivity contribution in [3.63, 3.8) is 0 Å². The minimum Gasteiger partial charge on any atom is -0.455 e. The number of hydrogen-bond acceptors (Lipinski definition) is 5. The van der Waals surface area contributed by atoms with Crippen LogP contribution in [0.2, 0.25) is 0 Å². The lowest BCUT2D eigenvalue weighted by Gasteiger charge is -2.48. The van der Waals surface area contributed by atoms with Gasteiger partial charge in [-0.2, -0.15) is 0 Å². The van der Waals surface area contributed by atoms with E-state index in [1.54, 1.807) is 24.3 Å². The van der Waals surface area contributed by atoms with Gasteiger partial charge in [-0.15, -0.1) is 0 Å². The maximum absolute atomic E-state index is 12.9. The average Bonchev–Trinajstić information content (AvgIpc) is 3.21. The van der Waals surface area contributed by atoms with Gasteiger partial charge in [-0.1, -0.05) is 36.4 Å². The molecule has 6 atom stereocenters. The molecule has 0 N–H and O–H groups in total. The zero-order valence-electron chi connectivity index (χ0n) is 18.6. The Balaban J connectivity index is 1.37. The van der Waals surface area contributed by atoms with Gasteiger partial charge in [-0.25, -0.2) is 9.59 Å². The van der Waals surface area contributed by atoms with Crippen LogP contribution in [0.3, 0.4) is 0 Å². The van der Waals surface area contributed by atoms with Crippen LogP contribution in [0.4, 0.5) is 0 Å². The molecule has 2 aliphatic carbocycles. The van der Waals surface area contributed by atoms with Crippen LogP contribution in [0.15, 0.2) is 60.7 Å². The lowest BCUT2D eigenvalue weighted by atomic mass is 9.63. The zero-order valence-corrected chi connectivity index (χ0v) is 18.6. The first-order chi connectivity index (χ1) is 15.6. The monoisotopic (exact) mass is 433 g/mol. The summed E-state index contributed by atoms with van der Waals surface area (Å²) >= 11 is 0. The summed E-state index contributed by atoms with van der Waals surface area (Å²) in [7, 11) is 2.22. The van der Waals surface area contributed by atoms with Gasteiger partial charge in [0.1, 0.15) is 12.2 Å². The SMILES string of the molecule is CN1CCC2CCC3CC(OC(=O)c4ccccc4)C(OC(=O)c4ccccc4)CC3C21. The minimum atomic E-state index is -0.427. The summed E-state index contributed by atoms with van der Waals surface area (Å²) in [6.07, 6.45) is 4.33. The molecule has 2 aromatic rings. The van der Waals surface area contributed by atoms with E-state index in [-0.39, 0.29) is 11.9 Å². The molecule has 1 saturated heterocycles. The molecule has 3 fully saturated rings. The van der Waals surface area contributed by atoms with Crippen LogP contribution in [-0.2, 0) is 9.47 Å². The van der Waals surface area contributed by atoms with Crippen molar-refractivity contribution < 1.29 is 19.1 Å². The Morgan fingerprint density at radius 2 is 1.28 bits per heavy atom. The minimum absolute atomic E-state index is 0.345. The van der Waals surface area contributed by atoms with Crippen molar-refractivity contribution in [1.29, 1.82) is 0 Å². The quantitative estimate of drug-likeness (QED) is 0.661.